The molecule has 1 fully saturated rings. The van der Waals surface area contributed by atoms with E-state index in [1.807, 2.05) is 18.2 Å². The summed E-state index contributed by atoms with van der Waals surface area (Å²) in [6.07, 6.45) is 1.44. The fourth-order valence-corrected chi connectivity index (χ4v) is 2.81. The third kappa shape index (κ3) is 3.57. The van der Waals surface area contributed by atoms with Crippen LogP contribution in [0.15, 0.2) is 36.5 Å². The second kappa shape index (κ2) is 6.61. The summed E-state index contributed by atoms with van der Waals surface area (Å²) in [4.78, 5) is 36.4. The molecule has 3 amide bonds. The van der Waals surface area contributed by atoms with E-state index < -0.39 is 0 Å². The Labute approximate surface area is 135 Å². The highest BCUT2D eigenvalue weighted by Gasteiger charge is 2.30. The third-order valence-corrected chi connectivity index (χ3v) is 4.07. The summed E-state index contributed by atoms with van der Waals surface area (Å²) in [7, 11) is 0. The zero-order chi connectivity index (χ0) is 16.2. The van der Waals surface area contributed by atoms with E-state index in [1.165, 1.54) is 10.9 Å². The van der Waals surface area contributed by atoms with Crippen LogP contribution >= 0.6 is 11.8 Å². The topological polar surface area (TPSA) is 97.2 Å². The molecule has 8 nitrogen and oxygen atoms in total. The molecule has 2 aromatic rings. The van der Waals surface area contributed by atoms with Gasteiger partial charge in [-0.3, -0.25) is 19.3 Å². The first kappa shape index (κ1) is 15.2. The van der Waals surface area contributed by atoms with Gasteiger partial charge in [0.15, 0.2) is 0 Å². The van der Waals surface area contributed by atoms with E-state index in [1.54, 1.807) is 12.1 Å². The molecule has 1 aliphatic rings. The van der Waals surface area contributed by atoms with Gasteiger partial charge in [0.05, 0.1) is 24.2 Å². The molecular weight excluding hydrogens is 318 g/mol. The molecular formula is C14H13N5O3S. The summed E-state index contributed by atoms with van der Waals surface area (Å²) < 4.78 is 1.38. The van der Waals surface area contributed by atoms with Crippen LogP contribution < -0.4 is 5.32 Å². The van der Waals surface area contributed by atoms with Crippen LogP contribution in [0.5, 0.6) is 0 Å². The maximum absolute atomic E-state index is 12.0. The number of benzene rings is 1. The van der Waals surface area contributed by atoms with Crippen molar-refractivity contribution in [1.29, 1.82) is 0 Å². The fourth-order valence-electron chi connectivity index (χ4n) is 2.09. The van der Waals surface area contributed by atoms with Crippen LogP contribution in [0.2, 0.25) is 0 Å². The number of nitrogens with one attached hydrogen (secondary N) is 1. The van der Waals surface area contributed by atoms with Crippen molar-refractivity contribution in [2.75, 3.05) is 11.1 Å². The Morgan fingerprint density at radius 2 is 2.04 bits per heavy atom. The van der Waals surface area contributed by atoms with Gasteiger partial charge in [0.1, 0.15) is 6.54 Å². The SMILES string of the molecule is O=C(Cn1nncc1CN1C(=O)CSC1=O)Nc1ccccc1. The molecule has 0 radical (unpaired) electrons. The number of carbonyl (C=O) groups excluding carboxylic acids is 3. The Hall–Kier alpha value is -2.68. The van der Waals surface area contributed by atoms with Crippen LogP contribution in [-0.4, -0.2) is 42.7 Å². The van der Waals surface area contributed by atoms with Crippen molar-refractivity contribution in [1.82, 2.24) is 19.9 Å². The molecule has 9 heteroatoms. The molecule has 23 heavy (non-hydrogen) atoms. The Morgan fingerprint density at radius 3 is 2.74 bits per heavy atom. The lowest BCUT2D eigenvalue weighted by molar-refractivity contribution is -0.125. The number of anilines is 1. The summed E-state index contributed by atoms with van der Waals surface area (Å²) in [5.74, 6) is -0.368. The number of aromatic nitrogens is 3. The number of hydrogen-bond donors (Lipinski definition) is 1. The number of para-hydroxylation sites is 1. The monoisotopic (exact) mass is 331 g/mol. The van der Waals surface area contributed by atoms with Gasteiger partial charge in [-0.2, -0.15) is 0 Å². The van der Waals surface area contributed by atoms with E-state index in [4.69, 9.17) is 0 Å². The molecule has 0 bridgehead atoms. The maximum atomic E-state index is 12.0. The number of carbonyl (C=O) groups is 3. The summed E-state index contributed by atoms with van der Waals surface area (Å²) in [6.45, 7) is 0.0177. The number of rotatable bonds is 5. The van der Waals surface area contributed by atoms with Crippen molar-refractivity contribution < 1.29 is 14.4 Å². The first-order valence-electron chi connectivity index (χ1n) is 6.83. The van der Waals surface area contributed by atoms with Crippen molar-refractivity contribution in [2.24, 2.45) is 0 Å². The molecule has 0 atom stereocenters. The van der Waals surface area contributed by atoms with Gasteiger partial charge in [0, 0.05) is 5.69 Å². The largest absolute Gasteiger partial charge is 0.324 e. The summed E-state index contributed by atoms with van der Waals surface area (Å²) in [5.41, 5.74) is 1.21. The highest BCUT2D eigenvalue weighted by atomic mass is 32.2. The normalized spacial score (nSPS) is 14.3. The van der Waals surface area contributed by atoms with E-state index in [-0.39, 0.29) is 35.9 Å². The smallest absolute Gasteiger partial charge is 0.289 e. The molecule has 0 aliphatic carbocycles. The molecule has 1 aliphatic heterocycles. The molecule has 1 aromatic carbocycles. The van der Waals surface area contributed by atoms with Crippen LogP contribution in [0.4, 0.5) is 10.5 Å². The summed E-state index contributed by atoms with van der Waals surface area (Å²) >= 11 is 0.965. The zero-order valence-electron chi connectivity index (χ0n) is 12.0. The molecule has 0 saturated carbocycles. The number of thioether (sulfide) groups is 1. The Balaban J connectivity index is 1.65. The van der Waals surface area contributed by atoms with Gasteiger partial charge >= 0.3 is 0 Å². The van der Waals surface area contributed by atoms with Gasteiger partial charge in [-0.1, -0.05) is 35.2 Å². The van der Waals surface area contributed by atoms with Crippen LogP contribution in [0.1, 0.15) is 5.69 Å². The number of nitrogens with zero attached hydrogens (tertiary/aromatic N) is 4. The highest BCUT2D eigenvalue weighted by molar-refractivity contribution is 8.14. The summed E-state index contributed by atoms with van der Waals surface area (Å²) in [6, 6.07) is 9.04. The van der Waals surface area contributed by atoms with Gasteiger partial charge < -0.3 is 5.32 Å². The lowest BCUT2D eigenvalue weighted by Gasteiger charge is -2.13. The lowest BCUT2D eigenvalue weighted by Crippen LogP contribution is -2.30. The number of hydrogen-bond acceptors (Lipinski definition) is 6. The molecule has 3 rings (SSSR count). The van der Waals surface area contributed by atoms with Crippen LogP contribution in [-0.2, 0) is 22.7 Å². The minimum atomic E-state index is -0.295. The number of imide groups is 1. The predicted octanol–water partition coefficient (Wildman–Crippen LogP) is 1.11. The molecule has 1 aromatic heterocycles. The zero-order valence-corrected chi connectivity index (χ0v) is 12.8. The van der Waals surface area contributed by atoms with Gasteiger partial charge in [-0.15, -0.1) is 5.10 Å². The molecule has 2 heterocycles. The van der Waals surface area contributed by atoms with Crippen LogP contribution in [0.25, 0.3) is 0 Å². The van der Waals surface area contributed by atoms with E-state index in [0.29, 0.717) is 11.4 Å². The van der Waals surface area contributed by atoms with Gasteiger partial charge in [0.25, 0.3) is 5.24 Å². The molecule has 1 N–H and O–H groups in total. The van der Waals surface area contributed by atoms with Crippen LogP contribution in [0, 0.1) is 0 Å². The second-order valence-corrected chi connectivity index (χ2v) is 5.76. The van der Waals surface area contributed by atoms with Crippen molar-refractivity contribution in [3.8, 4) is 0 Å². The van der Waals surface area contributed by atoms with Crippen molar-refractivity contribution >= 4 is 34.5 Å². The minimum absolute atomic E-state index is 0.0480. The average Bonchev–Trinajstić information content (AvgIpc) is 3.10. The maximum Gasteiger partial charge on any atom is 0.289 e. The van der Waals surface area contributed by atoms with Crippen LogP contribution in [0.3, 0.4) is 0 Å². The third-order valence-electron chi connectivity index (χ3n) is 3.21. The van der Waals surface area contributed by atoms with Gasteiger partial charge in [-0.05, 0) is 12.1 Å². The first-order valence-corrected chi connectivity index (χ1v) is 7.81. The summed E-state index contributed by atoms with van der Waals surface area (Å²) in [5, 5.41) is 10.0. The van der Waals surface area contributed by atoms with E-state index >= 15 is 0 Å². The average molecular weight is 331 g/mol. The standard InChI is InChI=1S/C14H13N5O3S/c20-12(16-10-4-2-1-3-5-10)8-19-11(6-15-17-19)7-18-13(21)9-23-14(18)22/h1-6H,7-9H2,(H,16,20). The molecule has 0 unspecified atom stereocenters. The van der Waals surface area contributed by atoms with E-state index in [0.717, 1.165) is 16.7 Å². The Morgan fingerprint density at radius 1 is 1.26 bits per heavy atom. The van der Waals surface area contributed by atoms with E-state index in [2.05, 4.69) is 15.6 Å². The Bertz CT molecular complexity index is 730. The second-order valence-electron chi connectivity index (χ2n) is 4.83. The fraction of sp³-hybridized carbons (Fsp3) is 0.214. The number of amides is 3. The molecule has 118 valence electrons. The van der Waals surface area contributed by atoms with Gasteiger partial charge in [0.2, 0.25) is 11.8 Å². The lowest BCUT2D eigenvalue weighted by atomic mass is 10.3. The molecule has 1 saturated heterocycles. The minimum Gasteiger partial charge on any atom is -0.324 e. The quantitative estimate of drug-likeness (QED) is 0.881. The Kier molecular flexibility index (Phi) is 4.38. The predicted molar refractivity (Wildman–Crippen MR) is 83.5 cm³/mol. The molecule has 0 spiro atoms. The first-order chi connectivity index (χ1) is 11.1. The van der Waals surface area contributed by atoms with Crippen molar-refractivity contribution in [3.05, 3.63) is 42.2 Å². The van der Waals surface area contributed by atoms with Gasteiger partial charge in [-0.25, -0.2) is 4.68 Å². The van der Waals surface area contributed by atoms with Crippen molar-refractivity contribution in [3.63, 3.8) is 0 Å². The van der Waals surface area contributed by atoms with E-state index in [9.17, 15) is 14.4 Å². The highest BCUT2D eigenvalue weighted by Crippen LogP contribution is 2.20. The van der Waals surface area contributed by atoms with Crippen molar-refractivity contribution in [2.45, 2.75) is 13.1 Å².